The molecule has 3 rings (SSSR count). The van der Waals surface area contributed by atoms with Crippen LogP contribution < -0.4 is 0 Å². The summed E-state index contributed by atoms with van der Waals surface area (Å²) in [6, 6.07) is 13.6. The van der Waals surface area contributed by atoms with Crippen LogP contribution in [0.15, 0.2) is 58.2 Å². The highest BCUT2D eigenvalue weighted by atomic mass is 35.5. The first-order chi connectivity index (χ1) is 12.8. The van der Waals surface area contributed by atoms with E-state index in [9.17, 15) is 9.59 Å². The van der Waals surface area contributed by atoms with Gasteiger partial charge in [-0.05, 0) is 48.2 Å². The van der Waals surface area contributed by atoms with Crippen molar-refractivity contribution in [2.45, 2.75) is 10.5 Å². The Kier molecular flexibility index (Phi) is 5.74. The Hall–Kier alpha value is -2.48. The van der Waals surface area contributed by atoms with Gasteiger partial charge < -0.3 is 14.6 Å². The van der Waals surface area contributed by atoms with Crippen LogP contribution in [-0.4, -0.2) is 32.4 Å². The van der Waals surface area contributed by atoms with Crippen LogP contribution in [0.3, 0.4) is 0 Å². The van der Waals surface area contributed by atoms with Crippen molar-refractivity contribution in [2.24, 2.45) is 0 Å². The third-order valence-electron chi connectivity index (χ3n) is 3.50. The van der Waals surface area contributed by atoms with Gasteiger partial charge in [-0.25, -0.2) is 4.98 Å². The Labute approximate surface area is 167 Å². The van der Waals surface area contributed by atoms with Crippen molar-refractivity contribution in [3.05, 3.63) is 58.6 Å². The molecule has 0 amide bonds. The van der Waals surface area contributed by atoms with Gasteiger partial charge in [-0.3, -0.25) is 9.59 Å². The zero-order valence-electron chi connectivity index (χ0n) is 13.4. The number of carboxylic acids is 2. The number of hydrogen-bond acceptors (Lipinski definition) is 5. The first-order valence-corrected chi connectivity index (χ1v) is 9.13. The lowest BCUT2D eigenvalue weighted by Gasteiger charge is -2.03. The molecule has 0 bridgehead atoms. The Morgan fingerprint density at radius 2 is 1.37 bits per heavy atom. The summed E-state index contributed by atoms with van der Waals surface area (Å²) in [5, 5.41) is 17.4. The Morgan fingerprint density at radius 3 is 1.85 bits per heavy atom. The average molecular weight is 424 g/mol. The van der Waals surface area contributed by atoms with E-state index in [1.807, 2.05) is 0 Å². The predicted molar refractivity (Wildman–Crippen MR) is 102 cm³/mol. The molecule has 0 unspecified atom stereocenters. The Morgan fingerprint density at radius 1 is 0.889 bits per heavy atom. The fourth-order valence-corrected chi connectivity index (χ4v) is 3.19. The maximum atomic E-state index is 11.2. The van der Waals surface area contributed by atoms with E-state index in [4.69, 9.17) is 37.8 Å². The number of rotatable bonds is 6. The van der Waals surface area contributed by atoms with Crippen LogP contribution in [0.4, 0.5) is 0 Å². The van der Waals surface area contributed by atoms with Crippen molar-refractivity contribution in [1.29, 1.82) is 0 Å². The van der Waals surface area contributed by atoms with E-state index in [1.165, 1.54) is 0 Å². The SMILES string of the molecule is O=C(O)C(Sc1nc(-c2ccc(Cl)cc2)c(-c2ccc(Cl)cc2)o1)C(=O)O. The summed E-state index contributed by atoms with van der Waals surface area (Å²) in [5.41, 5.74) is 1.78. The fourth-order valence-electron chi connectivity index (χ4n) is 2.26. The van der Waals surface area contributed by atoms with Crippen molar-refractivity contribution in [1.82, 2.24) is 4.98 Å². The van der Waals surface area contributed by atoms with Crippen molar-refractivity contribution < 1.29 is 24.2 Å². The van der Waals surface area contributed by atoms with E-state index in [-0.39, 0.29) is 5.22 Å². The number of oxazole rings is 1. The standard InChI is InChI=1S/C18H11Cl2NO5S/c19-11-5-1-9(2-6-11)13-14(10-3-7-12(20)8-4-10)26-18(21-13)27-15(16(22)23)17(24)25/h1-8,15H,(H,22,23)(H,24,25). The second-order valence-electron chi connectivity index (χ2n) is 5.35. The molecular weight excluding hydrogens is 413 g/mol. The second-order valence-corrected chi connectivity index (χ2v) is 7.27. The van der Waals surface area contributed by atoms with Crippen LogP contribution >= 0.6 is 35.0 Å². The molecule has 0 radical (unpaired) electrons. The van der Waals surface area contributed by atoms with Crippen LogP contribution in [0, 0.1) is 0 Å². The summed E-state index contributed by atoms with van der Waals surface area (Å²) < 4.78 is 5.71. The molecule has 27 heavy (non-hydrogen) atoms. The van der Waals surface area contributed by atoms with E-state index < -0.39 is 17.2 Å². The first kappa shape index (κ1) is 19.3. The molecule has 0 aliphatic rings. The molecule has 2 aromatic carbocycles. The molecule has 0 fully saturated rings. The zero-order valence-corrected chi connectivity index (χ0v) is 15.8. The molecule has 6 nitrogen and oxygen atoms in total. The van der Waals surface area contributed by atoms with Gasteiger partial charge in [0.25, 0.3) is 5.22 Å². The summed E-state index contributed by atoms with van der Waals surface area (Å²) in [7, 11) is 0. The number of carboxylic acid groups (broad SMARTS) is 2. The van der Waals surface area contributed by atoms with Crippen LogP contribution in [-0.2, 0) is 9.59 Å². The number of aliphatic carboxylic acids is 2. The molecule has 0 aliphatic carbocycles. The number of nitrogens with zero attached hydrogens (tertiary/aromatic N) is 1. The average Bonchev–Trinajstić information content (AvgIpc) is 3.04. The van der Waals surface area contributed by atoms with Crippen LogP contribution in [0.1, 0.15) is 0 Å². The smallest absolute Gasteiger partial charge is 0.328 e. The van der Waals surface area contributed by atoms with Gasteiger partial charge in [0.15, 0.2) is 5.76 Å². The third-order valence-corrected chi connectivity index (χ3v) is 5.02. The summed E-state index contributed by atoms with van der Waals surface area (Å²) in [6.45, 7) is 0. The normalized spacial score (nSPS) is 10.9. The summed E-state index contributed by atoms with van der Waals surface area (Å²) in [4.78, 5) is 26.6. The first-order valence-electron chi connectivity index (χ1n) is 7.50. The number of halogens is 2. The summed E-state index contributed by atoms with van der Waals surface area (Å²) >= 11 is 12.4. The van der Waals surface area contributed by atoms with Gasteiger partial charge in [0.1, 0.15) is 5.69 Å². The van der Waals surface area contributed by atoms with Gasteiger partial charge >= 0.3 is 11.9 Å². The topological polar surface area (TPSA) is 101 Å². The second kappa shape index (κ2) is 8.04. The number of carbonyl (C=O) groups is 2. The monoisotopic (exact) mass is 423 g/mol. The maximum absolute atomic E-state index is 11.2. The lowest BCUT2D eigenvalue weighted by atomic mass is 10.1. The van der Waals surface area contributed by atoms with Crippen LogP contribution in [0.2, 0.25) is 10.0 Å². The van der Waals surface area contributed by atoms with E-state index in [1.54, 1.807) is 48.5 Å². The highest BCUT2D eigenvalue weighted by Gasteiger charge is 2.30. The van der Waals surface area contributed by atoms with Gasteiger partial charge in [-0.1, -0.05) is 35.3 Å². The van der Waals surface area contributed by atoms with E-state index in [0.29, 0.717) is 44.4 Å². The van der Waals surface area contributed by atoms with E-state index in [0.717, 1.165) is 0 Å². The molecule has 0 saturated heterocycles. The largest absolute Gasteiger partial charge is 0.480 e. The molecule has 0 saturated carbocycles. The van der Waals surface area contributed by atoms with Crippen LogP contribution in [0.25, 0.3) is 22.6 Å². The number of benzene rings is 2. The van der Waals surface area contributed by atoms with E-state index in [2.05, 4.69) is 4.98 Å². The number of thioether (sulfide) groups is 1. The van der Waals surface area contributed by atoms with Crippen molar-refractivity contribution in [3.8, 4) is 22.6 Å². The minimum Gasteiger partial charge on any atom is -0.480 e. The van der Waals surface area contributed by atoms with Gasteiger partial charge in [-0.2, -0.15) is 0 Å². The van der Waals surface area contributed by atoms with Gasteiger partial charge in [-0.15, -0.1) is 0 Å². The van der Waals surface area contributed by atoms with Crippen molar-refractivity contribution >= 4 is 46.9 Å². The fraction of sp³-hybridized carbons (Fsp3) is 0.0556. The van der Waals surface area contributed by atoms with Gasteiger partial charge in [0, 0.05) is 21.2 Å². The van der Waals surface area contributed by atoms with Crippen LogP contribution in [0.5, 0.6) is 0 Å². The third kappa shape index (κ3) is 4.44. The molecule has 9 heteroatoms. The number of aromatic nitrogens is 1. The van der Waals surface area contributed by atoms with Crippen molar-refractivity contribution in [2.75, 3.05) is 0 Å². The summed E-state index contributed by atoms with van der Waals surface area (Å²) in [6.07, 6.45) is 0. The minimum absolute atomic E-state index is 0.0697. The minimum atomic E-state index is -1.74. The molecule has 3 aromatic rings. The highest BCUT2D eigenvalue weighted by molar-refractivity contribution is 8.01. The summed E-state index contributed by atoms with van der Waals surface area (Å²) in [5.74, 6) is -2.62. The Bertz CT molecular complexity index is 909. The molecular formula is C18H11Cl2NO5S. The predicted octanol–water partition coefficient (Wildman–Crippen LogP) is 4.95. The molecule has 0 spiro atoms. The number of hydrogen-bond donors (Lipinski definition) is 2. The Balaban J connectivity index is 2.08. The van der Waals surface area contributed by atoms with Gasteiger partial charge in [0.2, 0.25) is 5.25 Å². The maximum Gasteiger partial charge on any atom is 0.328 e. The molecule has 2 N–H and O–H groups in total. The highest BCUT2D eigenvalue weighted by Crippen LogP contribution is 2.37. The molecule has 1 heterocycles. The zero-order chi connectivity index (χ0) is 19.6. The van der Waals surface area contributed by atoms with Gasteiger partial charge in [0.05, 0.1) is 0 Å². The quantitative estimate of drug-likeness (QED) is 0.427. The molecule has 1 aromatic heterocycles. The molecule has 0 aliphatic heterocycles. The van der Waals surface area contributed by atoms with E-state index >= 15 is 0 Å². The lowest BCUT2D eigenvalue weighted by molar-refractivity contribution is -0.146. The molecule has 138 valence electrons. The lowest BCUT2D eigenvalue weighted by Crippen LogP contribution is -2.26. The molecule has 0 atom stereocenters. The van der Waals surface area contributed by atoms with Crippen molar-refractivity contribution in [3.63, 3.8) is 0 Å².